The van der Waals surface area contributed by atoms with Crippen LogP contribution in [-0.2, 0) is 7.05 Å². The molecule has 1 amide bonds. The molecule has 18 heavy (non-hydrogen) atoms. The highest BCUT2D eigenvalue weighted by Gasteiger charge is 2.33. The van der Waals surface area contributed by atoms with Crippen LogP contribution >= 0.6 is 0 Å². The van der Waals surface area contributed by atoms with Gasteiger partial charge in [-0.05, 0) is 24.7 Å². The van der Waals surface area contributed by atoms with Gasteiger partial charge in [-0.2, -0.15) is 5.10 Å². The van der Waals surface area contributed by atoms with Gasteiger partial charge in [-0.3, -0.25) is 9.48 Å². The maximum absolute atomic E-state index is 12.4. The summed E-state index contributed by atoms with van der Waals surface area (Å²) in [6.45, 7) is 1.88. The third-order valence-corrected chi connectivity index (χ3v) is 4.53. The fourth-order valence-corrected chi connectivity index (χ4v) is 3.50. The maximum atomic E-state index is 12.4. The summed E-state index contributed by atoms with van der Waals surface area (Å²) in [5.41, 5.74) is 0.728. The summed E-state index contributed by atoms with van der Waals surface area (Å²) in [5, 5.41) is 4.08. The van der Waals surface area contributed by atoms with Gasteiger partial charge >= 0.3 is 0 Å². The molecule has 98 valence electrons. The number of carbonyl (C=O) groups is 1. The molecule has 4 heteroatoms. The van der Waals surface area contributed by atoms with Gasteiger partial charge in [0.2, 0.25) is 0 Å². The monoisotopic (exact) mass is 247 g/mol. The van der Waals surface area contributed by atoms with Gasteiger partial charge in [-0.25, -0.2) is 0 Å². The Labute approximate surface area is 108 Å². The van der Waals surface area contributed by atoms with Crippen LogP contribution in [0.15, 0.2) is 12.4 Å². The average Bonchev–Trinajstić information content (AvgIpc) is 2.84. The summed E-state index contributed by atoms with van der Waals surface area (Å²) in [4.78, 5) is 14.4. The molecule has 2 aliphatic rings. The highest BCUT2D eigenvalue weighted by molar-refractivity contribution is 5.93. The summed E-state index contributed by atoms with van der Waals surface area (Å²) in [5.74, 6) is 1.77. The van der Waals surface area contributed by atoms with E-state index in [1.165, 1.54) is 32.1 Å². The standard InChI is InChI=1S/C14H21N3O/c1-16-9-13(8-15-16)14(18)17-7-6-11-4-2-3-5-12(11)10-17/h8-9,11-12H,2-7,10H2,1H3. The number of nitrogens with zero attached hydrogens (tertiary/aromatic N) is 3. The Hall–Kier alpha value is -1.32. The van der Waals surface area contributed by atoms with E-state index in [9.17, 15) is 4.79 Å². The van der Waals surface area contributed by atoms with Crippen LogP contribution in [0, 0.1) is 11.8 Å². The Balaban J connectivity index is 1.68. The van der Waals surface area contributed by atoms with Crippen LogP contribution in [0.1, 0.15) is 42.5 Å². The molecule has 0 aromatic carbocycles. The van der Waals surface area contributed by atoms with Gasteiger partial charge in [0.1, 0.15) is 0 Å². The molecule has 1 aliphatic heterocycles. The molecule has 0 bridgehead atoms. The predicted octanol–water partition coefficient (Wildman–Crippen LogP) is 2.07. The Morgan fingerprint density at radius 2 is 2.06 bits per heavy atom. The lowest BCUT2D eigenvalue weighted by atomic mass is 9.75. The van der Waals surface area contributed by atoms with Crippen molar-refractivity contribution in [1.29, 1.82) is 0 Å². The molecular weight excluding hydrogens is 226 g/mol. The van der Waals surface area contributed by atoms with Crippen LogP contribution in [0.25, 0.3) is 0 Å². The molecule has 1 aromatic rings. The largest absolute Gasteiger partial charge is 0.338 e. The molecule has 1 saturated heterocycles. The van der Waals surface area contributed by atoms with Crippen LogP contribution in [0.2, 0.25) is 0 Å². The zero-order valence-electron chi connectivity index (χ0n) is 11.0. The molecule has 2 fully saturated rings. The number of hydrogen-bond donors (Lipinski definition) is 0. The zero-order valence-corrected chi connectivity index (χ0v) is 11.0. The SMILES string of the molecule is Cn1cc(C(=O)N2CCC3CCCCC3C2)cn1. The van der Waals surface area contributed by atoms with Crippen molar-refractivity contribution in [2.75, 3.05) is 13.1 Å². The van der Waals surface area contributed by atoms with Crippen LogP contribution in [0.4, 0.5) is 0 Å². The Bertz CT molecular complexity index is 440. The van der Waals surface area contributed by atoms with Crippen molar-refractivity contribution < 1.29 is 4.79 Å². The van der Waals surface area contributed by atoms with E-state index in [1.54, 1.807) is 10.9 Å². The Morgan fingerprint density at radius 3 is 2.78 bits per heavy atom. The van der Waals surface area contributed by atoms with Gasteiger partial charge in [0.25, 0.3) is 5.91 Å². The van der Waals surface area contributed by atoms with Crippen molar-refractivity contribution in [2.24, 2.45) is 18.9 Å². The van der Waals surface area contributed by atoms with Crippen molar-refractivity contribution in [3.8, 4) is 0 Å². The molecule has 0 N–H and O–H groups in total. The fraction of sp³-hybridized carbons (Fsp3) is 0.714. The number of likely N-dealkylation sites (tertiary alicyclic amines) is 1. The molecule has 1 saturated carbocycles. The quantitative estimate of drug-likeness (QED) is 0.762. The van der Waals surface area contributed by atoms with Gasteiger partial charge in [0.15, 0.2) is 0 Å². The number of amides is 1. The smallest absolute Gasteiger partial charge is 0.257 e. The molecule has 2 heterocycles. The second-order valence-corrected chi connectivity index (χ2v) is 5.75. The van der Waals surface area contributed by atoms with Crippen molar-refractivity contribution in [3.63, 3.8) is 0 Å². The van der Waals surface area contributed by atoms with Crippen LogP contribution in [-0.4, -0.2) is 33.7 Å². The number of hydrogen-bond acceptors (Lipinski definition) is 2. The van der Waals surface area contributed by atoms with E-state index < -0.39 is 0 Å². The van der Waals surface area contributed by atoms with E-state index in [2.05, 4.69) is 5.10 Å². The first-order valence-corrected chi connectivity index (χ1v) is 7.02. The molecule has 2 unspecified atom stereocenters. The minimum absolute atomic E-state index is 0.159. The summed E-state index contributed by atoms with van der Waals surface area (Å²) >= 11 is 0. The summed E-state index contributed by atoms with van der Waals surface area (Å²) in [7, 11) is 1.85. The lowest BCUT2D eigenvalue weighted by molar-refractivity contribution is 0.0521. The van der Waals surface area contributed by atoms with Gasteiger partial charge in [-0.1, -0.05) is 19.3 Å². The molecule has 0 spiro atoms. The van der Waals surface area contributed by atoms with E-state index in [1.807, 2.05) is 18.1 Å². The van der Waals surface area contributed by atoms with Crippen molar-refractivity contribution in [1.82, 2.24) is 14.7 Å². The number of carbonyl (C=O) groups excluding carboxylic acids is 1. The summed E-state index contributed by atoms with van der Waals surface area (Å²) < 4.78 is 1.70. The predicted molar refractivity (Wildman–Crippen MR) is 69.2 cm³/mol. The topological polar surface area (TPSA) is 38.1 Å². The molecule has 2 atom stereocenters. The lowest BCUT2D eigenvalue weighted by Crippen LogP contribution is -2.44. The van der Waals surface area contributed by atoms with E-state index >= 15 is 0 Å². The van der Waals surface area contributed by atoms with Crippen molar-refractivity contribution in [3.05, 3.63) is 18.0 Å². The fourth-order valence-electron chi connectivity index (χ4n) is 3.50. The van der Waals surface area contributed by atoms with E-state index in [0.29, 0.717) is 0 Å². The molecule has 3 rings (SSSR count). The van der Waals surface area contributed by atoms with Crippen LogP contribution < -0.4 is 0 Å². The van der Waals surface area contributed by atoms with E-state index in [-0.39, 0.29) is 5.91 Å². The maximum Gasteiger partial charge on any atom is 0.257 e. The number of rotatable bonds is 1. The highest BCUT2D eigenvalue weighted by Crippen LogP contribution is 2.36. The van der Waals surface area contributed by atoms with Crippen LogP contribution in [0.5, 0.6) is 0 Å². The minimum atomic E-state index is 0.159. The normalized spacial score (nSPS) is 27.9. The summed E-state index contributed by atoms with van der Waals surface area (Å²) in [6, 6.07) is 0. The first-order valence-electron chi connectivity index (χ1n) is 7.02. The Morgan fingerprint density at radius 1 is 1.28 bits per heavy atom. The summed E-state index contributed by atoms with van der Waals surface area (Å²) in [6.07, 6.45) is 10.1. The first-order chi connectivity index (χ1) is 8.74. The molecule has 0 radical (unpaired) electrons. The second-order valence-electron chi connectivity index (χ2n) is 5.75. The van der Waals surface area contributed by atoms with Gasteiger partial charge in [0.05, 0.1) is 11.8 Å². The van der Waals surface area contributed by atoms with Gasteiger partial charge in [0, 0.05) is 26.3 Å². The van der Waals surface area contributed by atoms with E-state index in [0.717, 1.165) is 30.5 Å². The van der Waals surface area contributed by atoms with Gasteiger partial charge in [-0.15, -0.1) is 0 Å². The molecule has 4 nitrogen and oxygen atoms in total. The number of fused-ring (bicyclic) bond motifs is 1. The number of aromatic nitrogens is 2. The minimum Gasteiger partial charge on any atom is -0.338 e. The Kier molecular flexibility index (Phi) is 3.10. The molecular formula is C14H21N3O. The van der Waals surface area contributed by atoms with Crippen molar-refractivity contribution >= 4 is 5.91 Å². The van der Waals surface area contributed by atoms with E-state index in [4.69, 9.17) is 0 Å². The molecule has 1 aliphatic carbocycles. The van der Waals surface area contributed by atoms with Crippen molar-refractivity contribution in [2.45, 2.75) is 32.1 Å². The number of aryl methyl sites for hydroxylation is 1. The molecule has 1 aromatic heterocycles. The number of piperidine rings is 1. The lowest BCUT2D eigenvalue weighted by Gasteiger charge is -2.41. The van der Waals surface area contributed by atoms with Gasteiger partial charge < -0.3 is 4.90 Å². The average molecular weight is 247 g/mol. The third-order valence-electron chi connectivity index (χ3n) is 4.53. The zero-order chi connectivity index (χ0) is 12.5. The third kappa shape index (κ3) is 2.16. The first kappa shape index (κ1) is 11.8. The second kappa shape index (κ2) is 4.75. The highest BCUT2D eigenvalue weighted by atomic mass is 16.2. The van der Waals surface area contributed by atoms with Crippen LogP contribution in [0.3, 0.4) is 0 Å².